The first-order valence-electron chi connectivity index (χ1n) is 7.90. The van der Waals surface area contributed by atoms with Crippen molar-refractivity contribution < 1.29 is 19.1 Å². The van der Waals surface area contributed by atoms with Gasteiger partial charge in [0.1, 0.15) is 6.61 Å². The van der Waals surface area contributed by atoms with Crippen LogP contribution in [0.1, 0.15) is 24.4 Å². The molecule has 2 fully saturated rings. The fraction of sp³-hybridized carbons (Fsp3) is 0.529. The van der Waals surface area contributed by atoms with Gasteiger partial charge in [-0.25, -0.2) is 0 Å². The van der Waals surface area contributed by atoms with E-state index >= 15 is 0 Å². The van der Waals surface area contributed by atoms with Gasteiger partial charge in [0.05, 0.1) is 18.2 Å². The predicted octanol–water partition coefficient (Wildman–Crippen LogP) is 1.53. The highest BCUT2D eigenvalue weighted by Gasteiger charge is 2.51. The lowest BCUT2D eigenvalue weighted by Crippen LogP contribution is -2.55. The number of carbonyl (C=O) groups is 2. The van der Waals surface area contributed by atoms with Crippen LogP contribution in [0.15, 0.2) is 24.3 Å². The number of likely N-dealkylation sites (N-methyl/N-ethyl adjacent to an activating group) is 1. The fourth-order valence-corrected chi connectivity index (χ4v) is 3.40. The van der Waals surface area contributed by atoms with Crippen LogP contribution >= 0.6 is 11.6 Å². The summed E-state index contributed by atoms with van der Waals surface area (Å²) in [6.07, 6.45) is 1.000. The van der Waals surface area contributed by atoms with Gasteiger partial charge in [0, 0.05) is 19.2 Å². The van der Waals surface area contributed by atoms with E-state index in [9.17, 15) is 9.59 Å². The Kier molecular flexibility index (Phi) is 4.80. The highest BCUT2D eigenvalue weighted by atomic mass is 35.5. The van der Waals surface area contributed by atoms with Gasteiger partial charge >= 0.3 is 0 Å². The van der Waals surface area contributed by atoms with E-state index in [1.165, 1.54) is 0 Å². The number of nitrogens with one attached hydrogen (secondary N) is 1. The van der Waals surface area contributed by atoms with E-state index in [0.29, 0.717) is 17.2 Å². The molecule has 0 bridgehead atoms. The third kappa shape index (κ3) is 3.14. The SMILES string of the molecule is COCC1(N(C)C(=O)C2OCC(=O)NC2c2ccccc2Cl)CC1. The molecule has 1 heterocycles. The summed E-state index contributed by atoms with van der Waals surface area (Å²) in [6.45, 7) is 0.355. The van der Waals surface area contributed by atoms with Crippen molar-refractivity contribution in [2.24, 2.45) is 0 Å². The number of hydrogen-bond donors (Lipinski definition) is 1. The first-order valence-corrected chi connectivity index (χ1v) is 8.28. The molecule has 0 radical (unpaired) electrons. The van der Waals surface area contributed by atoms with Crippen LogP contribution < -0.4 is 5.32 Å². The molecule has 7 heteroatoms. The van der Waals surface area contributed by atoms with Crippen LogP contribution in [0.4, 0.5) is 0 Å². The van der Waals surface area contributed by atoms with Gasteiger partial charge < -0.3 is 19.7 Å². The van der Waals surface area contributed by atoms with E-state index in [4.69, 9.17) is 21.1 Å². The fourth-order valence-electron chi connectivity index (χ4n) is 3.15. The molecule has 3 rings (SSSR count). The third-order valence-electron chi connectivity index (χ3n) is 4.78. The maximum absolute atomic E-state index is 13.0. The zero-order valence-corrected chi connectivity index (χ0v) is 14.5. The molecule has 130 valence electrons. The van der Waals surface area contributed by atoms with Crippen LogP contribution in [-0.4, -0.2) is 55.7 Å². The molecule has 1 N–H and O–H groups in total. The molecule has 1 aliphatic carbocycles. The summed E-state index contributed by atoms with van der Waals surface area (Å²) in [5.74, 6) is -0.431. The van der Waals surface area contributed by atoms with Crippen molar-refractivity contribution in [2.75, 3.05) is 27.4 Å². The number of amides is 2. The van der Waals surface area contributed by atoms with Crippen LogP contribution in [0.5, 0.6) is 0 Å². The molecule has 1 saturated heterocycles. The van der Waals surface area contributed by atoms with Crippen molar-refractivity contribution in [3.8, 4) is 0 Å². The predicted molar refractivity (Wildman–Crippen MR) is 88.7 cm³/mol. The molecule has 2 aliphatic rings. The molecule has 2 amide bonds. The Labute approximate surface area is 146 Å². The van der Waals surface area contributed by atoms with Gasteiger partial charge in [0.2, 0.25) is 5.91 Å². The normalized spacial score (nSPS) is 25.0. The van der Waals surface area contributed by atoms with Crippen molar-refractivity contribution in [1.82, 2.24) is 10.2 Å². The average molecular weight is 353 g/mol. The summed E-state index contributed by atoms with van der Waals surface area (Å²) in [7, 11) is 3.39. The second kappa shape index (κ2) is 6.70. The number of rotatable bonds is 5. The van der Waals surface area contributed by atoms with Crippen LogP contribution in [0, 0.1) is 0 Å². The van der Waals surface area contributed by atoms with Crippen LogP contribution in [-0.2, 0) is 19.1 Å². The average Bonchev–Trinajstić information content (AvgIpc) is 3.35. The molecular formula is C17H21ClN2O4. The van der Waals surface area contributed by atoms with Crippen molar-refractivity contribution in [1.29, 1.82) is 0 Å². The van der Waals surface area contributed by atoms with Gasteiger partial charge in [-0.15, -0.1) is 0 Å². The van der Waals surface area contributed by atoms with E-state index in [0.717, 1.165) is 12.8 Å². The lowest BCUT2D eigenvalue weighted by molar-refractivity contribution is -0.157. The number of halogens is 1. The molecule has 24 heavy (non-hydrogen) atoms. The Bertz CT molecular complexity index is 647. The standard InChI is InChI=1S/C17H21ClN2O4/c1-20(17(7-8-17)10-23-2)16(22)15-14(19-13(21)9-24-15)11-5-3-4-6-12(11)18/h3-6,14-15H,7-10H2,1-2H3,(H,19,21). The van der Waals surface area contributed by atoms with E-state index < -0.39 is 12.1 Å². The Hall–Kier alpha value is -1.63. The second-order valence-electron chi connectivity index (χ2n) is 6.35. The van der Waals surface area contributed by atoms with E-state index in [2.05, 4.69) is 5.32 Å². The molecule has 1 aromatic carbocycles. The maximum atomic E-state index is 13.0. The van der Waals surface area contributed by atoms with Gasteiger partial charge in [-0.2, -0.15) is 0 Å². The van der Waals surface area contributed by atoms with Crippen LogP contribution in [0.2, 0.25) is 5.02 Å². The Balaban J connectivity index is 1.85. The molecule has 2 unspecified atom stereocenters. The summed E-state index contributed by atoms with van der Waals surface area (Å²) in [5.41, 5.74) is 0.414. The monoisotopic (exact) mass is 352 g/mol. The van der Waals surface area contributed by atoms with Crippen LogP contribution in [0.3, 0.4) is 0 Å². The molecule has 6 nitrogen and oxygen atoms in total. The number of carbonyl (C=O) groups excluding carboxylic acids is 2. The number of benzene rings is 1. The van der Waals surface area contributed by atoms with Gasteiger partial charge in [-0.3, -0.25) is 9.59 Å². The van der Waals surface area contributed by atoms with Crippen molar-refractivity contribution in [2.45, 2.75) is 30.5 Å². The molecule has 2 atom stereocenters. The molecule has 0 spiro atoms. The highest BCUT2D eigenvalue weighted by molar-refractivity contribution is 6.31. The Morgan fingerprint density at radius 1 is 1.46 bits per heavy atom. The third-order valence-corrected chi connectivity index (χ3v) is 5.12. The summed E-state index contributed by atoms with van der Waals surface area (Å²) in [6, 6.07) is 6.55. The summed E-state index contributed by atoms with van der Waals surface area (Å²) in [4.78, 5) is 26.5. The van der Waals surface area contributed by atoms with Gasteiger partial charge in [0.15, 0.2) is 6.10 Å². The van der Waals surface area contributed by atoms with Gasteiger partial charge in [-0.05, 0) is 24.5 Å². The maximum Gasteiger partial charge on any atom is 0.254 e. The largest absolute Gasteiger partial charge is 0.382 e. The Morgan fingerprint density at radius 3 is 2.79 bits per heavy atom. The molecule has 1 aliphatic heterocycles. The summed E-state index contributed by atoms with van der Waals surface area (Å²) in [5, 5.41) is 3.33. The lowest BCUT2D eigenvalue weighted by Gasteiger charge is -2.37. The number of nitrogens with zero attached hydrogens (tertiary/aromatic N) is 1. The summed E-state index contributed by atoms with van der Waals surface area (Å²) >= 11 is 6.26. The van der Waals surface area contributed by atoms with Gasteiger partial charge in [0.25, 0.3) is 5.91 Å². The van der Waals surface area contributed by atoms with E-state index in [1.54, 1.807) is 37.3 Å². The zero-order valence-electron chi connectivity index (χ0n) is 13.8. The van der Waals surface area contributed by atoms with E-state index in [1.807, 2.05) is 6.07 Å². The zero-order chi connectivity index (χ0) is 17.3. The highest BCUT2D eigenvalue weighted by Crippen LogP contribution is 2.42. The number of hydrogen-bond acceptors (Lipinski definition) is 4. The first-order chi connectivity index (χ1) is 11.5. The Morgan fingerprint density at radius 2 is 2.17 bits per heavy atom. The first kappa shape index (κ1) is 17.2. The second-order valence-corrected chi connectivity index (χ2v) is 6.76. The van der Waals surface area contributed by atoms with E-state index in [-0.39, 0.29) is 24.0 Å². The van der Waals surface area contributed by atoms with Crippen molar-refractivity contribution in [3.05, 3.63) is 34.9 Å². The minimum absolute atomic E-state index is 0.136. The number of morpholine rings is 1. The minimum atomic E-state index is -0.804. The lowest BCUT2D eigenvalue weighted by atomic mass is 9.98. The van der Waals surface area contributed by atoms with Gasteiger partial charge in [-0.1, -0.05) is 29.8 Å². The van der Waals surface area contributed by atoms with Crippen LogP contribution in [0.25, 0.3) is 0 Å². The quantitative estimate of drug-likeness (QED) is 0.872. The molecular weight excluding hydrogens is 332 g/mol. The number of methoxy groups -OCH3 is 1. The number of ether oxygens (including phenoxy) is 2. The molecule has 1 aromatic rings. The van der Waals surface area contributed by atoms with Crippen molar-refractivity contribution in [3.63, 3.8) is 0 Å². The van der Waals surface area contributed by atoms with Crippen molar-refractivity contribution >= 4 is 23.4 Å². The summed E-state index contributed by atoms with van der Waals surface area (Å²) < 4.78 is 10.8. The smallest absolute Gasteiger partial charge is 0.254 e. The molecule has 1 saturated carbocycles. The minimum Gasteiger partial charge on any atom is -0.382 e. The topological polar surface area (TPSA) is 67.9 Å². The molecule has 0 aromatic heterocycles.